The van der Waals surface area contributed by atoms with Gasteiger partial charge in [-0.15, -0.1) is 12.4 Å². The third kappa shape index (κ3) is 3.68. The smallest absolute Gasteiger partial charge is 0.221 e. The highest BCUT2D eigenvalue weighted by Crippen LogP contribution is 2.35. The van der Waals surface area contributed by atoms with E-state index in [0.29, 0.717) is 5.75 Å². The van der Waals surface area contributed by atoms with Gasteiger partial charge in [0.2, 0.25) is 5.91 Å². The number of rotatable bonds is 3. The second kappa shape index (κ2) is 8.16. The summed E-state index contributed by atoms with van der Waals surface area (Å²) in [4.78, 5) is 16.4. The van der Waals surface area contributed by atoms with E-state index in [9.17, 15) is 4.79 Å². The quantitative estimate of drug-likeness (QED) is 0.703. The van der Waals surface area contributed by atoms with Gasteiger partial charge in [0.1, 0.15) is 17.0 Å². The third-order valence-corrected chi connectivity index (χ3v) is 4.81. The largest absolute Gasteiger partial charge is 0.494 e. The Balaban J connectivity index is 0.00000225. The van der Waals surface area contributed by atoms with E-state index < -0.39 is 0 Å². The number of nitrogens with one attached hydrogen (secondary N) is 2. The molecule has 7 nitrogen and oxygen atoms in total. The van der Waals surface area contributed by atoms with Crippen LogP contribution in [0.3, 0.4) is 0 Å². The Bertz CT molecular complexity index is 1010. The summed E-state index contributed by atoms with van der Waals surface area (Å²) in [6.45, 7) is 6.25. The lowest BCUT2D eigenvalue weighted by Gasteiger charge is -2.13. The number of hydrogen-bond acceptors (Lipinski definition) is 5. The van der Waals surface area contributed by atoms with E-state index in [1.54, 1.807) is 7.11 Å². The fourth-order valence-electron chi connectivity index (χ4n) is 3.59. The molecule has 8 heteroatoms. The number of pyridine rings is 1. The minimum Gasteiger partial charge on any atom is -0.494 e. The van der Waals surface area contributed by atoms with Crippen molar-refractivity contribution in [3.8, 4) is 17.1 Å². The summed E-state index contributed by atoms with van der Waals surface area (Å²) in [7, 11) is 1.63. The van der Waals surface area contributed by atoms with Gasteiger partial charge in [0.05, 0.1) is 24.2 Å². The van der Waals surface area contributed by atoms with Gasteiger partial charge < -0.3 is 15.4 Å². The van der Waals surface area contributed by atoms with E-state index in [2.05, 4.69) is 21.4 Å². The van der Waals surface area contributed by atoms with Crippen LogP contribution in [0.15, 0.2) is 24.3 Å². The van der Waals surface area contributed by atoms with E-state index in [-0.39, 0.29) is 18.3 Å². The van der Waals surface area contributed by atoms with Gasteiger partial charge in [-0.2, -0.15) is 5.10 Å². The van der Waals surface area contributed by atoms with Crippen LogP contribution in [0, 0.1) is 6.92 Å². The van der Waals surface area contributed by atoms with Crippen molar-refractivity contribution in [2.75, 3.05) is 19.0 Å². The van der Waals surface area contributed by atoms with Crippen LogP contribution in [0.1, 0.15) is 24.6 Å². The van der Waals surface area contributed by atoms with Gasteiger partial charge >= 0.3 is 0 Å². The molecule has 3 heterocycles. The van der Waals surface area contributed by atoms with Crippen LogP contribution < -0.4 is 15.4 Å². The molecule has 0 unspecified atom stereocenters. The van der Waals surface area contributed by atoms with Crippen molar-refractivity contribution >= 4 is 34.9 Å². The maximum atomic E-state index is 11.6. The summed E-state index contributed by atoms with van der Waals surface area (Å²) in [5, 5.41) is 11.9. The zero-order valence-corrected chi connectivity index (χ0v) is 17.0. The van der Waals surface area contributed by atoms with Crippen molar-refractivity contribution in [3.63, 3.8) is 0 Å². The van der Waals surface area contributed by atoms with Crippen molar-refractivity contribution < 1.29 is 9.53 Å². The highest BCUT2D eigenvalue weighted by Gasteiger charge is 2.17. The van der Waals surface area contributed by atoms with Gasteiger partial charge in [0, 0.05) is 25.4 Å². The molecule has 28 heavy (non-hydrogen) atoms. The molecule has 0 fully saturated rings. The number of carbonyl (C=O) groups excluding carboxylic acids is 1. The van der Waals surface area contributed by atoms with Crippen molar-refractivity contribution in [2.24, 2.45) is 0 Å². The van der Waals surface area contributed by atoms with Crippen LogP contribution in [-0.4, -0.2) is 34.3 Å². The topological polar surface area (TPSA) is 81.1 Å². The molecule has 148 valence electrons. The fourth-order valence-corrected chi connectivity index (χ4v) is 3.59. The molecular formula is C20H24ClN5O2. The number of anilines is 1. The van der Waals surface area contributed by atoms with Crippen LogP contribution in [0.2, 0.25) is 0 Å². The second-order valence-corrected chi connectivity index (χ2v) is 6.82. The fraction of sp³-hybridized carbons (Fsp3) is 0.350. The van der Waals surface area contributed by atoms with Crippen LogP contribution in [0.4, 0.5) is 5.69 Å². The molecule has 2 aromatic heterocycles. The zero-order chi connectivity index (χ0) is 19.0. The Morgan fingerprint density at radius 1 is 1.29 bits per heavy atom. The molecule has 1 amide bonds. The van der Waals surface area contributed by atoms with Crippen molar-refractivity contribution in [1.29, 1.82) is 0 Å². The molecule has 0 saturated heterocycles. The maximum absolute atomic E-state index is 11.6. The SMILES string of the molecule is COc1ccc(NC(C)=O)c2c(C)cc(-c3cc4n(n3)CCCNC4)nc12.Cl. The Labute approximate surface area is 169 Å². The number of nitrogens with zero attached hydrogens (tertiary/aromatic N) is 3. The average molecular weight is 402 g/mol. The number of ether oxygens (including phenoxy) is 1. The van der Waals surface area contributed by atoms with Crippen LogP contribution in [0.5, 0.6) is 5.75 Å². The number of benzene rings is 1. The predicted molar refractivity (Wildman–Crippen MR) is 112 cm³/mol. The maximum Gasteiger partial charge on any atom is 0.221 e. The molecule has 1 aromatic carbocycles. The third-order valence-electron chi connectivity index (χ3n) is 4.81. The molecule has 0 radical (unpaired) electrons. The number of methoxy groups -OCH3 is 1. The van der Waals surface area contributed by atoms with Crippen LogP contribution in [-0.2, 0) is 17.9 Å². The van der Waals surface area contributed by atoms with Gasteiger partial charge in [-0.25, -0.2) is 4.98 Å². The number of amides is 1. The molecule has 4 rings (SSSR count). The summed E-state index contributed by atoms with van der Waals surface area (Å²) in [6.07, 6.45) is 1.06. The highest BCUT2D eigenvalue weighted by molar-refractivity contribution is 6.04. The summed E-state index contributed by atoms with van der Waals surface area (Å²) >= 11 is 0. The molecule has 0 saturated carbocycles. The molecule has 0 aliphatic carbocycles. The van der Waals surface area contributed by atoms with E-state index in [1.807, 2.05) is 25.1 Å². The summed E-state index contributed by atoms with van der Waals surface area (Å²) in [6, 6.07) is 7.79. The van der Waals surface area contributed by atoms with Crippen molar-refractivity contribution in [2.45, 2.75) is 33.4 Å². The number of fused-ring (bicyclic) bond motifs is 2. The number of hydrogen-bond donors (Lipinski definition) is 2. The van der Waals surface area contributed by atoms with Crippen LogP contribution in [0.25, 0.3) is 22.3 Å². The van der Waals surface area contributed by atoms with E-state index in [1.165, 1.54) is 12.6 Å². The van der Waals surface area contributed by atoms with E-state index in [4.69, 9.17) is 14.8 Å². The first kappa shape index (κ1) is 20.1. The van der Waals surface area contributed by atoms with Crippen molar-refractivity contribution in [3.05, 3.63) is 35.5 Å². The molecule has 1 aliphatic rings. The lowest BCUT2D eigenvalue weighted by Crippen LogP contribution is -2.11. The van der Waals surface area contributed by atoms with E-state index >= 15 is 0 Å². The van der Waals surface area contributed by atoms with Crippen molar-refractivity contribution in [1.82, 2.24) is 20.1 Å². The summed E-state index contributed by atoms with van der Waals surface area (Å²) in [5.74, 6) is 0.557. The molecule has 0 atom stereocenters. The molecular weight excluding hydrogens is 378 g/mol. The average Bonchev–Trinajstić information content (AvgIpc) is 2.92. The minimum atomic E-state index is -0.115. The first-order chi connectivity index (χ1) is 13.1. The Hall–Kier alpha value is -2.64. The molecule has 0 spiro atoms. The van der Waals surface area contributed by atoms with E-state index in [0.717, 1.165) is 59.6 Å². The number of carbonyl (C=O) groups is 1. The minimum absolute atomic E-state index is 0. The zero-order valence-electron chi connectivity index (χ0n) is 16.2. The molecule has 0 bridgehead atoms. The monoisotopic (exact) mass is 401 g/mol. The Morgan fingerprint density at radius 3 is 2.86 bits per heavy atom. The Kier molecular flexibility index (Phi) is 5.86. The standard InChI is InChI=1S/C20H23N5O2.ClH/c1-12-9-16(17-10-14-11-21-7-4-8-25(14)24-17)23-20-18(27-3)6-5-15(19(12)20)22-13(2)26;/h5-6,9-10,21H,4,7-8,11H2,1-3H3,(H,22,26);1H. The van der Waals surface area contributed by atoms with Gasteiger partial charge in [-0.3, -0.25) is 9.48 Å². The molecule has 2 N–H and O–H groups in total. The first-order valence-electron chi connectivity index (χ1n) is 9.10. The molecule has 3 aromatic rings. The lowest BCUT2D eigenvalue weighted by atomic mass is 10.0. The van der Waals surface area contributed by atoms with Crippen LogP contribution >= 0.6 is 12.4 Å². The lowest BCUT2D eigenvalue weighted by molar-refractivity contribution is -0.114. The summed E-state index contributed by atoms with van der Waals surface area (Å²) < 4.78 is 7.58. The number of halogens is 1. The number of aromatic nitrogens is 3. The normalized spacial score (nSPS) is 13.4. The predicted octanol–water partition coefficient (Wildman–Crippen LogP) is 3.29. The van der Waals surface area contributed by atoms with Gasteiger partial charge in [-0.1, -0.05) is 0 Å². The first-order valence-corrected chi connectivity index (χ1v) is 9.10. The van der Waals surface area contributed by atoms with Gasteiger partial charge in [-0.05, 0) is 49.7 Å². The highest BCUT2D eigenvalue weighted by atomic mass is 35.5. The second-order valence-electron chi connectivity index (χ2n) is 6.82. The van der Waals surface area contributed by atoms with Gasteiger partial charge in [0.25, 0.3) is 0 Å². The molecule has 1 aliphatic heterocycles. The van der Waals surface area contributed by atoms with Gasteiger partial charge in [0.15, 0.2) is 0 Å². The summed E-state index contributed by atoms with van der Waals surface area (Å²) in [5.41, 5.74) is 5.30. The number of aryl methyl sites for hydroxylation is 2. The Morgan fingerprint density at radius 2 is 2.11 bits per heavy atom.